The Hall–Kier alpha value is -1.63. The van der Waals surface area contributed by atoms with E-state index in [0.717, 1.165) is 17.0 Å². The normalized spacial score (nSPS) is 13.2. The van der Waals surface area contributed by atoms with Crippen molar-refractivity contribution in [1.82, 2.24) is 4.90 Å². The van der Waals surface area contributed by atoms with Crippen LogP contribution in [0.2, 0.25) is 0 Å². The number of aliphatic hydroxyl groups is 1. The van der Waals surface area contributed by atoms with Crippen molar-refractivity contribution >= 4 is 5.91 Å². The second-order valence-corrected chi connectivity index (χ2v) is 4.20. The van der Waals surface area contributed by atoms with Gasteiger partial charge in [0.05, 0.1) is 17.2 Å². The van der Waals surface area contributed by atoms with Crippen molar-refractivity contribution in [1.29, 1.82) is 0 Å². The summed E-state index contributed by atoms with van der Waals surface area (Å²) in [5.74, 6) is -2.51. The largest absolute Gasteiger partial charge is 0.419 e. The molecule has 19 heavy (non-hydrogen) atoms. The lowest BCUT2D eigenvalue weighted by Crippen LogP contribution is -2.33. The predicted octanol–water partition coefficient (Wildman–Crippen LogP) is 2.30. The highest BCUT2D eigenvalue weighted by Crippen LogP contribution is 2.32. The first kappa shape index (κ1) is 15.4. The molecule has 3 nitrogen and oxygen atoms in total. The molecule has 0 spiro atoms. The van der Waals surface area contributed by atoms with Crippen molar-refractivity contribution in [2.24, 2.45) is 0 Å². The third-order valence-corrected chi connectivity index (χ3v) is 2.42. The molecule has 0 aliphatic heterocycles. The highest BCUT2D eigenvalue weighted by molar-refractivity contribution is 5.94. The van der Waals surface area contributed by atoms with Gasteiger partial charge in [-0.05, 0) is 19.1 Å². The summed E-state index contributed by atoms with van der Waals surface area (Å²) in [4.78, 5) is 12.7. The maximum atomic E-state index is 13.7. The molecule has 0 aromatic heterocycles. The summed E-state index contributed by atoms with van der Waals surface area (Å²) in [5.41, 5.74) is -2.15. The molecule has 1 aromatic carbocycles. The number of rotatable bonds is 3. The van der Waals surface area contributed by atoms with E-state index in [9.17, 15) is 22.4 Å². The molecule has 0 aliphatic rings. The zero-order valence-electron chi connectivity index (χ0n) is 10.3. The zero-order valence-corrected chi connectivity index (χ0v) is 10.3. The molecule has 0 aliphatic carbocycles. The lowest BCUT2D eigenvalue weighted by atomic mass is 10.1. The van der Waals surface area contributed by atoms with Gasteiger partial charge in [-0.25, -0.2) is 4.39 Å². The van der Waals surface area contributed by atoms with Gasteiger partial charge in [0, 0.05) is 13.6 Å². The van der Waals surface area contributed by atoms with Crippen LogP contribution in [0, 0.1) is 5.82 Å². The number of alkyl halides is 3. The molecule has 1 unspecified atom stereocenters. The predicted molar refractivity (Wildman–Crippen MR) is 60.0 cm³/mol. The van der Waals surface area contributed by atoms with Crippen LogP contribution in [-0.4, -0.2) is 35.6 Å². The number of likely N-dealkylation sites (N-methyl/N-ethyl adjacent to an activating group) is 1. The first-order valence-electron chi connectivity index (χ1n) is 5.43. The second kappa shape index (κ2) is 5.56. The molecule has 1 rings (SSSR count). The molecule has 0 saturated heterocycles. The van der Waals surface area contributed by atoms with Crippen LogP contribution < -0.4 is 0 Å². The van der Waals surface area contributed by atoms with E-state index in [-0.39, 0.29) is 6.54 Å². The molecule has 0 bridgehead atoms. The molecule has 0 radical (unpaired) electrons. The average Bonchev–Trinajstić information content (AvgIpc) is 2.25. The molecule has 0 heterocycles. The summed E-state index contributed by atoms with van der Waals surface area (Å²) in [6, 6.07) is 2.52. The van der Waals surface area contributed by atoms with Crippen molar-refractivity contribution in [2.45, 2.75) is 19.2 Å². The minimum atomic E-state index is -4.86. The Labute approximate surface area is 107 Å². The third-order valence-electron chi connectivity index (χ3n) is 2.42. The monoisotopic (exact) mass is 279 g/mol. The lowest BCUT2D eigenvalue weighted by Gasteiger charge is -2.20. The average molecular weight is 279 g/mol. The van der Waals surface area contributed by atoms with Gasteiger partial charge < -0.3 is 10.0 Å². The van der Waals surface area contributed by atoms with E-state index in [4.69, 9.17) is 5.11 Å². The van der Waals surface area contributed by atoms with Crippen molar-refractivity contribution in [3.05, 3.63) is 35.1 Å². The number of carbonyl (C=O) groups is 1. The number of nitrogens with zero attached hydrogens (tertiary/aromatic N) is 1. The number of benzene rings is 1. The van der Waals surface area contributed by atoms with E-state index in [1.807, 2.05) is 0 Å². The number of amides is 1. The van der Waals surface area contributed by atoms with Gasteiger partial charge >= 0.3 is 6.18 Å². The van der Waals surface area contributed by atoms with Crippen molar-refractivity contribution in [3.63, 3.8) is 0 Å². The van der Waals surface area contributed by atoms with Crippen molar-refractivity contribution < 1.29 is 27.5 Å². The number of hydrogen-bond donors (Lipinski definition) is 1. The van der Waals surface area contributed by atoms with Gasteiger partial charge in [0.1, 0.15) is 5.82 Å². The van der Waals surface area contributed by atoms with E-state index in [2.05, 4.69) is 0 Å². The topological polar surface area (TPSA) is 40.5 Å². The fourth-order valence-electron chi connectivity index (χ4n) is 1.60. The van der Waals surface area contributed by atoms with Gasteiger partial charge in [-0.3, -0.25) is 4.79 Å². The Bertz CT molecular complexity index is 471. The van der Waals surface area contributed by atoms with Crippen LogP contribution in [0.1, 0.15) is 22.8 Å². The standard InChI is InChI=1S/C12H13F4NO2/c1-7(18)6-17(2)11(19)8-4-3-5-9(10(8)13)12(14,15)16/h3-5,7,18H,6H2,1-2H3. The van der Waals surface area contributed by atoms with E-state index in [0.29, 0.717) is 6.07 Å². The van der Waals surface area contributed by atoms with Crippen LogP contribution >= 0.6 is 0 Å². The Balaban J connectivity index is 3.12. The zero-order chi connectivity index (χ0) is 14.8. The Morgan fingerprint density at radius 1 is 1.42 bits per heavy atom. The van der Waals surface area contributed by atoms with Gasteiger partial charge in [-0.2, -0.15) is 13.2 Å². The molecule has 1 aromatic rings. The molecular weight excluding hydrogens is 266 g/mol. The summed E-state index contributed by atoms with van der Waals surface area (Å²) >= 11 is 0. The SMILES string of the molecule is CC(O)CN(C)C(=O)c1cccc(C(F)(F)F)c1F. The van der Waals surface area contributed by atoms with E-state index in [1.54, 1.807) is 0 Å². The second-order valence-electron chi connectivity index (χ2n) is 4.20. The van der Waals surface area contributed by atoms with Gasteiger partial charge in [0.15, 0.2) is 0 Å². The number of halogens is 4. The quantitative estimate of drug-likeness (QED) is 0.862. The highest BCUT2D eigenvalue weighted by Gasteiger charge is 2.36. The molecule has 7 heteroatoms. The Morgan fingerprint density at radius 2 is 2.00 bits per heavy atom. The van der Waals surface area contributed by atoms with Crippen LogP contribution in [0.5, 0.6) is 0 Å². The Kier molecular flexibility index (Phi) is 4.52. The number of aliphatic hydroxyl groups excluding tert-OH is 1. The van der Waals surface area contributed by atoms with Crippen molar-refractivity contribution in [2.75, 3.05) is 13.6 Å². The molecule has 1 amide bonds. The molecule has 0 saturated carbocycles. The number of hydrogen-bond acceptors (Lipinski definition) is 2. The lowest BCUT2D eigenvalue weighted by molar-refractivity contribution is -0.140. The van der Waals surface area contributed by atoms with Crippen LogP contribution in [0.15, 0.2) is 18.2 Å². The summed E-state index contributed by atoms with van der Waals surface area (Å²) in [6.45, 7) is 1.31. The van der Waals surface area contributed by atoms with Crippen LogP contribution in [-0.2, 0) is 6.18 Å². The fraction of sp³-hybridized carbons (Fsp3) is 0.417. The minimum Gasteiger partial charge on any atom is -0.392 e. The van der Waals surface area contributed by atoms with E-state index in [1.165, 1.54) is 14.0 Å². The van der Waals surface area contributed by atoms with Gasteiger partial charge in [-0.1, -0.05) is 6.07 Å². The summed E-state index contributed by atoms with van der Waals surface area (Å²) in [5, 5.41) is 9.10. The molecule has 1 atom stereocenters. The van der Waals surface area contributed by atoms with Crippen LogP contribution in [0.25, 0.3) is 0 Å². The van der Waals surface area contributed by atoms with Gasteiger partial charge in [0.25, 0.3) is 5.91 Å². The third kappa shape index (κ3) is 3.66. The van der Waals surface area contributed by atoms with Gasteiger partial charge in [0.2, 0.25) is 0 Å². The number of carbonyl (C=O) groups excluding carboxylic acids is 1. The smallest absolute Gasteiger partial charge is 0.392 e. The first-order chi connectivity index (χ1) is 8.64. The molecular formula is C12H13F4NO2. The summed E-state index contributed by atoms with van der Waals surface area (Å²) in [6.07, 6.45) is -5.72. The highest BCUT2D eigenvalue weighted by atomic mass is 19.4. The summed E-state index contributed by atoms with van der Waals surface area (Å²) < 4.78 is 51.2. The van der Waals surface area contributed by atoms with Crippen molar-refractivity contribution in [3.8, 4) is 0 Å². The van der Waals surface area contributed by atoms with Gasteiger partial charge in [-0.15, -0.1) is 0 Å². The first-order valence-corrected chi connectivity index (χ1v) is 5.43. The maximum Gasteiger partial charge on any atom is 0.419 e. The van der Waals surface area contributed by atoms with E-state index < -0.39 is 35.1 Å². The van der Waals surface area contributed by atoms with Crippen LogP contribution in [0.3, 0.4) is 0 Å². The summed E-state index contributed by atoms with van der Waals surface area (Å²) in [7, 11) is 1.27. The van der Waals surface area contributed by atoms with Crippen LogP contribution in [0.4, 0.5) is 17.6 Å². The minimum absolute atomic E-state index is 0.103. The maximum absolute atomic E-state index is 13.7. The molecule has 106 valence electrons. The molecule has 1 N–H and O–H groups in total. The Morgan fingerprint density at radius 3 is 2.47 bits per heavy atom. The fourth-order valence-corrected chi connectivity index (χ4v) is 1.60. The van der Waals surface area contributed by atoms with E-state index >= 15 is 0 Å². The molecule has 0 fully saturated rings.